The van der Waals surface area contributed by atoms with Gasteiger partial charge in [0, 0.05) is 18.7 Å². The van der Waals surface area contributed by atoms with Crippen molar-refractivity contribution < 1.29 is 13.2 Å². The third-order valence-electron chi connectivity index (χ3n) is 4.71. The van der Waals surface area contributed by atoms with Gasteiger partial charge in [-0.15, -0.1) is 0 Å². The van der Waals surface area contributed by atoms with Gasteiger partial charge in [0.05, 0.1) is 11.5 Å². The van der Waals surface area contributed by atoms with Gasteiger partial charge in [0.1, 0.15) is 0 Å². The molecule has 5 heteroatoms. The van der Waals surface area contributed by atoms with Crippen LogP contribution in [0.2, 0.25) is 0 Å². The maximum atomic E-state index is 12.6. The van der Waals surface area contributed by atoms with Crippen LogP contribution in [0.15, 0.2) is 30.3 Å². The maximum Gasteiger partial charge on any atom is 0.246 e. The van der Waals surface area contributed by atoms with Crippen molar-refractivity contribution in [2.75, 3.05) is 18.1 Å². The zero-order chi connectivity index (χ0) is 18.4. The predicted molar refractivity (Wildman–Crippen MR) is 103 cm³/mol. The van der Waals surface area contributed by atoms with E-state index in [0.717, 1.165) is 18.4 Å². The third-order valence-corrected chi connectivity index (χ3v) is 6.46. The molecule has 1 atom stereocenters. The van der Waals surface area contributed by atoms with Crippen molar-refractivity contribution in [3.63, 3.8) is 0 Å². The highest BCUT2D eigenvalue weighted by atomic mass is 32.2. The van der Waals surface area contributed by atoms with Gasteiger partial charge in [-0.2, -0.15) is 0 Å². The minimum Gasteiger partial charge on any atom is -0.335 e. The highest BCUT2D eigenvalue weighted by Gasteiger charge is 2.33. The second-order valence-electron chi connectivity index (χ2n) is 7.10. The first-order chi connectivity index (χ1) is 11.8. The molecule has 1 heterocycles. The van der Waals surface area contributed by atoms with Crippen molar-refractivity contribution in [2.45, 2.75) is 52.0 Å². The summed E-state index contributed by atoms with van der Waals surface area (Å²) in [5.41, 5.74) is 2.25. The van der Waals surface area contributed by atoms with Gasteiger partial charge in [-0.05, 0) is 36.0 Å². The summed E-state index contributed by atoms with van der Waals surface area (Å²) in [4.78, 5) is 14.4. The fraction of sp³-hybridized carbons (Fsp3) is 0.550. The number of rotatable bonds is 7. The quantitative estimate of drug-likeness (QED) is 0.695. The Hall–Kier alpha value is -1.62. The summed E-state index contributed by atoms with van der Waals surface area (Å²) in [6, 6.07) is 7.99. The molecule has 0 radical (unpaired) electrons. The van der Waals surface area contributed by atoms with Crippen LogP contribution in [0.4, 0.5) is 0 Å². The molecule has 1 aliphatic rings. The molecule has 0 bridgehead atoms. The molecule has 0 aliphatic carbocycles. The third kappa shape index (κ3) is 5.70. The monoisotopic (exact) mass is 363 g/mol. The van der Waals surface area contributed by atoms with Gasteiger partial charge in [0.25, 0.3) is 0 Å². The molecule has 4 nitrogen and oxygen atoms in total. The molecule has 1 saturated heterocycles. The van der Waals surface area contributed by atoms with Crippen LogP contribution in [0.3, 0.4) is 0 Å². The van der Waals surface area contributed by atoms with E-state index >= 15 is 0 Å². The van der Waals surface area contributed by atoms with E-state index in [1.807, 2.05) is 18.2 Å². The van der Waals surface area contributed by atoms with E-state index in [9.17, 15) is 13.2 Å². The lowest BCUT2D eigenvalue weighted by molar-refractivity contribution is -0.127. The largest absolute Gasteiger partial charge is 0.335 e. The summed E-state index contributed by atoms with van der Waals surface area (Å²) in [6.07, 6.45) is 5.80. The SMILES string of the molecule is CCCCN(C(=O)/C=C/c1ccc(C(C)C)cc1)C1CCS(=O)(=O)C1. The molecule has 1 aromatic rings. The molecule has 1 aromatic carbocycles. The van der Waals surface area contributed by atoms with Gasteiger partial charge < -0.3 is 4.90 Å². The van der Waals surface area contributed by atoms with E-state index in [1.165, 1.54) is 5.56 Å². The van der Waals surface area contributed by atoms with Crippen molar-refractivity contribution in [1.82, 2.24) is 4.90 Å². The predicted octanol–water partition coefficient (Wildman–Crippen LogP) is 3.64. The van der Waals surface area contributed by atoms with Gasteiger partial charge in [0.2, 0.25) is 5.91 Å². The number of hydrogen-bond donors (Lipinski definition) is 0. The van der Waals surface area contributed by atoms with Crippen molar-refractivity contribution in [2.24, 2.45) is 0 Å². The second-order valence-corrected chi connectivity index (χ2v) is 9.33. The molecule has 1 amide bonds. The molecule has 0 aromatic heterocycles. The van der Waals surface area contributed by atoms with Crippen molar-refractivity contribution in [1.29, 1.82) is 0 Å². The minimum atomic E-state index is -3.00. The smallest absolute Gasteiger partial charge is 0.246 e. The number of carbonyl (C=O) groups is 1. The Morgan fingerprint density at radius 3 is 2.48 bits per heavy atom. The van der Waals surface area contributed by atoms with Crippen LogP contribution in [0.5, 0.6) is 0 Å². The fourth-order valence-corrected chi connectivity index (χ4v) is 4.81. The molecule has 0 spiro atoms. The lowest BCUT2D eigenvalue weighted by Gasteiger charge is -2.27. The molecule has 1 unspecified atom stereocenters. The number of nitrogens with zero attached hydrogens (tertiary/aromatic N) is 1. The zero-order valence-electron chi connectivity index (χ0n) is 15.4. The Kier molecular flexibility index (Phi) is 6.82. The van der Waals surface area contributed by atoms with Gasteiger partial charge in [0.15, 0.2) is 9.84 Å². The Labute approximate surface area is 151 Å². The molecule has 2 rings (SSSR count). The van der Waals surface area contributed by atoms with Crippen molar-refractivity contribution in [3.05, 3.63) is 41.5 Å². The van der Waals surface area contributed by atoms with Gasteiger partial charge in [-0.25, -0.2) is 8.42 Å². The lowest BCUT2D eigenvalue weighted by Crippen LogP contribution is -2.40. The van der Waals surface area contributed by atoms with E-state index in [-0.39, 0.29) is 23.5 Å². The summed E-state index contributed by atoms with van der Waals surface area (Å²) >= 11 is 0. The van der Waals surface area contributed by atoms with Crippen LogP contribution in [0.25, 0.3) is 6.08 Å². The first kappa shape index (κ1) is 19.7. The van der Waals surface area contributed by atoms with Gasteiger partial charge >= 0.3 is 0 Å². The Morgan fingerprint density at radius 2 is 1.96 bits per heavy atom. The fourth-order valence-electron chi connectivity index (χ4n) is 3.08. The number of hydrogen-bond acceptors (Lipinski definition) is 3. The standard InChI is InChI=1S/C20H29NO3S/c1-4-5-13-21(19-12-14-25(23,24)15-19)20(22)11-8-17-6-9-18(10-7-17)16(2)3/h6-11,16,19H,4-5,12-15H2,1-3H3/b11-8+. The molecule has 0 saturated carbocycles. The topological polar surface area (TPSA) is 54.5 Å². The normalized spacial score (nSPS) is 19.6. The highest BCUT2D eigenvalue weighted by molar-refractivity contribution is 7.91. The summed E-state index contributed by atoms with van der Waals surface area (Å²) in [5.74, 6) is 0.671. The van der Waals surface area contributed by atoms with Crippen molar-refractivity contribution >= 4 is 21.8 Å². The summed E-state index contributed by atoms with van der Waals surface area (Å²) in [6.45, 7) is 6.98. The van der Waals surface area contributed by atoms with E-state index in [4.69, 9.17) is 0 Å². The van der Waals surface area contributed by atoms with E-state index < -0.39 is 9.84 Å². The number of carbonyl (C=O) groups excluding carboxylic acids is 1. The summed E-state index contributed by atoms with van der Waals surface area (Å²) in [5, 5.41) is 0. The van der Waals surface area contributed by atoms with Crippen LogP contribution in [-0.2, 0) is 14.6 Å². The van der Waals surface area contributed by atoms with E-state index in [2.05, 4.69) is 32.9 Å². The zero-order valence-corrected chi connectivity index (χ0v) is 16.3. The number of amides is 1. The van der Waals surface area contributed by atoms with Crippen LogP contribution in [0.1, 0.15) is 57.1 Å². The summed E-state index contributed by atoms with van der Waals surface area (Å²) < 4.78 is 23.5. The molecule has 1 fully saturated rings. The average Bonchev–Trinajstić information content (AvgIpc) is 2.93. The molecule has 25 heavy (non-hydrogen) atoms. The van der Waals surface area contributed by atoms with Crippen LogP contribution < -0.4 is 0 Å². The molecular weight excluding hydrogens is 334 g/mol. The van der Waals surface area contributed by atoms with Gasteiger partial charge in [-0.3, -0.25) is 4.79 Å². The molecule has 138 valence electrons. The van der Waals surface area contributed by atoms with Crippen LogP contribution >= 0.6 is 0 Å². The molecule has 1 aliphatic heterocycles. The van der Waals surface area contributed by atoms with Crippen molar-refractivity contribution in [3.8, 4) is 0 Å². The number of sulfone groups is 1. The Morgan fingerprint density at radius 1 is 1.28 bits per heavy atom. The molecule has 0 N–H and O–H groups in total. The first-order valence-electron chi connectivity index (χ1n) is 9.11. The lowest BCUT2D eigenvalue weighted by atomic mass is 10.0. The molecular formula is C20H29NO3S. The van der Waals surface area contributed by atoms with Crippen LogP contribution in [-0.4, -0.2) is 43.3 Å². The number of unbranched alkanes of at least 4 members (excludes halogenated alkanes) is 1. The number of benzene rings is 1. The van der Waals surface area contributed by atoms with Crippen LogP contribution in [0, 0.1) is 0 Å². The summed E-state index contributed by atoms with van der Waals surface area (Å²) in [7, 11) is -3.00. The first-order valence-corrected chi connectivity index (χ1v) is 10.9. The minimum absolute atomic E-state index is 0.0940. The average molecular weight is 364 g/mol. The van der Waals surface area contributed by atoms with Gasteiger partial charge in [-0.1, -0.05) is 51.5 Å². The van der Waals surface area contributed by atoms with E-state index in [1.54, 1.807) is 11.0 Å². The Balaban J connectivity index is 2.07. The Bertz CT molecular complexity index is 705. The highest BCUT2D eigenvalue weighted by Crippen LogP contribution is 2.20. The second kappa shape index (κ2) is 8.65. The van der Waals surface area contributed by atoms with E-state index in [0.29, 0.717) is 18.9 Å². The maximum absolute atomic E-state index is 12.6.